The van der Waals surface area contributed by atoms with Crippen LogP contribution in [0.1, 0.15) is 26.2 Å². The quantitative estimate of drug-likeness (QED) is 0.592. The van der Waals surface area contributed by atoms with Crippen molar-refractivity contribution < 1.29 is 9.90 Å². The van der Waals surface area contributed by atoms with Crippen LogP contribution in [0.25, 0.3) is 0 Å². The Morgan fingerprint density at radius 3 is 3.07 bits per heavy atom. The summed E-state index contributed by atoms with van der Waals surface area (Å²) >= 11 is 0. The van der Waals surface area contributed by atoms with E-state index >= 15 is 0 Å². The molecule has 0 saturated carbocycles. The predicted octanol–water partition coefficient (Wildman–Crippen LogP) is -0.127. The molecule has 1 fully saturated rings. The lowest BCUT2D eigenvalue weighted by atomic mass is 9.96. The van der Waals surface area contributed by atoms with Crippen LogP contribution < -0.4 is 10.6 Å². The molecule has 4 nitrogen and oxygen atoms in total. The first-order valence-corrected chi connectivity index (χ1v) is 5.34. The standard InChI is InChI=1S/C10H20N2O2/c1-8(13)6-12-10(14)5-9-3-2-4-11-7-9/h8-9,11,13H,2-7H2,1H3,(H,12,14)/t8-,9?/m0/s1. The monoisotopic (exact) mass is 200 g/mol. The summed E-state index contributed by atoms with van der Waals surface area (Å²) in [6.45, 7) is 4.05. The van der Waals surface area contributed by atoms with Gasteiger partial charge in [0.05, 0.1) is 6.10 Å². The van der Waals surface area contributed by atoms with Crippen molar-refractivity contribution in [2.75, 3.05) is 19.6 Å². The zero-order valence-corrected chi connectivity index (χ0v) is 8.75. The number of hydrogen-bond acceptors (Lipinski definition) is 3. The largest absolute Gasteiger partial charge is 0.392 e. The number of aliphatic hydroxyl groups excluding tert-OH is 1. The van der Waals surface area contributed by atoms with Crippen molar-refractivity contribution in [2.45, 2.75) is 32.3 Å². The molecule has 2 atom stereocenters. The number of piperidine rings is 1. The zero-order valence-electron chi connectivity index (χ0n) is 8.75. The maximum atomic E-state index is 11.4. The van der Waals surface area contributed by atoms with Gasteiger partial charge in [0.1, 0.15) is 0 Å². The molecule has 0 bridgehead atoms. The molecule has 3 N–H and O–H groups in total. The third-order valence-electron chi connectivity index (χ3n) is 2.47. The van der Waals surface area contributed by atoms with Crippen molar-refractivity contribution in [3.05, 3.63) is 0 Å². The van der Waals surface area contributed by atoms with Gasteiger partial charge in [-0.05, 0) is 38.8 Å². The van der Waals surface area contributed by atoms with E-state index in [0.717, 1.165) is 25.9 Å². The van der Waals surface area contributed by atoms with Crippen LogP contribution in [-0.4, -0.2) is 36.8 Å². The van der Waals surface area contributed by atoms with Gasteiger partial charge in [0.2, 0.25) is 5.91 Å². The SMILES string of the molecule is C[C@H](O)CNC(=O)CC1CCCNC1. The average molecular weight is 200 g/mol. The molecule has 0 aromatic carbocycles. The molecule has 1 rings (SSSR count). The molecule has 1 amide bonds. The van der Waals surface area contributed by atoms with Crippen LogP contribution in [0.5, 0.6) is 0 Å². The second-order valence-electron chi connectivity index (χ2n) is 4.07. The average Bonchev–Trinajstić information content (AvgIpc) is 2.16. The number of nitrogens with one attached hydrogen (secondary N) is 2. The summed E-state index contributed by atoms with van der Waals surface area (Å²) in [5.41, 5.74) is 0. The van der Waals surface area contributed by atoms with Crippen molar-refractivity contribution in [1.29, 1.82) is 0 Å². The van der Waals surface area contributed by atoms with Gasteiger partial charge in [-0.15, -0.1) is 0 Å². The smallest absolute Gasteiger partial charge is 0.220 e. The second kappa shape index (κ2) is 5.98. The normalized spacial score (nSPS) is 24.3. The van der Waals surface area contributed by atoms with E-state index in [1.54, 1.807) is 6.92 Å². The van der Waals surface area contributed by atoms with Crippen molar-refractivity contribution in [3.8, 4) is 0 Å². The Morgan fingerprint density at radius 1 is 1.71 bits per heavy atom. The van der Waals surface area contributed by atoms with Gasteiger partial charge >= 0.3 is 0 Å². The molecule has 0 radical (unpaired) electrons. The van der Waals surface area contributed by atoms with Crippen LogP contribution >= 0.6 is 0 Å². The minimum absolute atomic E-state index is 0.0552. The van der Waals surface area contributed by atoms with Gasteiger partial charge < -0.3 is 15.7 Å². The van der Waals surface area contributed by atoms with E-state index in [1.165, 1.54) is 0 Å². The van der Waals surface area contributed by atoms with Gasteiger partial charge in [-0.25, -0.2) is 0 Å². The lowest BCUT2D eigenvalue weighted by molar-refractivity contribution is -0.122. The summed E-state index contributed by atoms with van der Waals surface area (Å²) in [5, 5.41) is 15.0. The lowest BCUT2D eigenvalue weighted by Gasteiger charge is -2.22. The first kappa shape index (κ1) is 11.5. The predicted molar refractivity (Wildman–Crippen MR) is 54.9 cm³/mol. The van der Waals surface area contributed by atoms with Gasteiger partial charge in [0.25, 0.3) is 0 Å². The molecular formula is C10H20N2O2. The topological polar surface area (TPSA) is 61.4 Å². The molecule has 1 saturated heterocycles. The highest BCUT2D eigenvalue weighted by atomic mass is 16.3. The summed E-state index contributed by atoms with van der Waals surface area (Å²) in [6, 6.07) is 0. The highest BCUT2D eigenvalue weighted by molar-refractivity contribution is 5.76. The van der Waals surface area contributed by atoms with E-state index in [4.69, 9.17) is 5.11 Å². The maximum absolute atomic E-state index is 11.4. The van der Waals surface area contributed by atoms with Crippen LogP contribution in [0.15, 0.2) is 0 Å². The van der Waals surface area contributed by atoms with Gasteiger partial charge in [0, 0.05) is 13.0 Å². The fraction of sp³-hybridized carbons (Fsp3) is 0.900. The van der Waals surface area contributed by atoms with Gasteiger partial charge in [-0.1, -0.05) is 0 Å². The number of hydrogen-bond donors (Lipinski definition) is 3. The fourth-order valence-electron chi connectivity index (χ4n) is 1.69. The van der Waals surface area contributed by atoms with Crippen molar-refractivity contribution >= 4 is 5.91 Å². The van der Waals surface area contributed by atoms with E-state index in [0.29, 0.717) is 18.9 Å². The van der Waals surface area contributed by atoms with Gasteiger partial charge in [-0.2, -0.15) is 0 Å². The molecular weight excluding hydrogens is 180 g/mol. The van der Waals surface area contributed by atoms with E-state index in [1.807, 2.05) is 0 Å². The first-order chi connectivity index (χ1) is 6.68. The molecule has 1 unspecified atom stereocenters. The molecule has 0 aromatic heterocycles. The number of amides is 1. The van der Waals surface area contributed by atoms with Crippen LogP contribution in [-0.2, 0) is 4.79 Å². The first-order valence-electron chi connectivity index (χ1n) is 5.34. The maximum Gasteiger partial charge on any atom is 0.220 e. The molecule has 1 aliphatic heterocycles. The van der Waals surface area contributed by atoms with Crippen molar-refractivity contribution in [3.63, 3.8) is 0 Å². The molecule has 14 heavy (non-hydrogen) atoms. The molecule has 0 aliphatic carbocycles. The van der Waals surface area contributed by atoms with Crippen molar-refractivity contribution in [1.82, 2.24) is 10.6 Å². The molecule has 1 aliphatic rings. The van der Waals surface area contributed by atoms with E-state index in [9.17, 15) is 4.79 Å². The number of rotatable bonds is 4. The summed E-state index contributed by atoms with van der Waals surface area (Å²) in [5.74, 6) is 0.525. The van der Waals surface area contributed by atoms with Crippen LogP contribution in [0, 0.1) is 5.92 Å². The minimum Gasteiger partial charge on any atom is -0.392 e. The highest BCUT2D eigenvalue weighted by Gasteiger charge is 2.16. The number of carbonyl (C=O) groups is 1. The molecule has 82 valence electrons. The Balaban J connectivity index is 2.12. The van der Waals surface area contributed by atoms with Gasteiger partial charge in [-0.3, -0.25) is 4.79 Å². The molecule has 1 heterocycles. The van der Waals surface area contributed by atoms with E-state index in [2.05, 4.69) is 10.6 Å². The number of aliphatic hydroxyl groups is 1. The second-order valence-corrected chi connectivity index (χ2v) is 4.07. The summed E-state index contributed by atoms with van der Waals surface area (Å²) in [6.07, 6.45) is 2.42. The Labute approximate surface area is 85.1 Å². The molecule has 4 heteroatoms. The van der Waals surface area contributed by atoms with Crippen LogP contribution in [0.2, 0.25) is 0 Å². The van der Waals surface area contributed by atoms with Crippen molar-refractivity contribution in [2.24, 2.45) is 5.92 Å². The van der Waals surface area contributed by atoms with Crippen LogP contribution in [0.4, 0.5) is 0 Å². The summed E-state index contributed by atoms with van der Waals surface area (Å²) in [7, 11) is 0. The minimum atomic E-state index is -0.455. The lowest BCUT2D eigenvalue weighted by Crippen LogP contribution is -2.36. The zero-order chi connectivity index (χ0) is 10.4. The Kier molecular flexibility index (Phi) is 4.90. The van der Waals surface area contributed by atoms with E-state index < -0.39 is 6.10 Å². The molecule has 0 aromatic rings. The van der Waals surface area contributed by atoms with Crippen LogP contribution in [0.3, 0.4) is 0 Å². The Morgan fingerprint density at radius 2 is 2.50 bits per heavy atom. The summed E-state index contributed by atoms with van der Waals surface area (Å²) in [4.78, 5) is 11.4. The third-order valence-corrected chi connectivity index (χ3v) is 2.47. The number of carbonyl (C=O) groups excluding carboxylic acids is 1. The van der Waals surface area contributed by atoms with Gasteiger partial charge in [0.15, 0.2) is 0 Å². The Bertz CT molecular complexity index is 177. The summed E-state index contributed by atoms with van der Waals surface area (Å²) < 4.78 is 0. The Hall–Kier alpha value is -0.610. The molecule has 0 spiro atoms. The highest BCUT2D eigenvalue weighted by Crippen LogP contribution is 2.13. The fourth-order valence-corrected chi connectivity index (χ4v) is 1.69. The van der Waals surface area contributed by atoms with E-state index in [-0.39, 0.29) is 5.91 Å². The third kappa shape index (κ3) is 4.58.